The van der Waals surface area contributed by atoms with Crippen LogP contribution in [0.1, 0.15) is 23.6 Å². The van der Waals surface area contributed by atoms with Crippen LogP contribution in [-0.2, 0) is 16.0 Å². The molecule has 3 rings (SSSR count). The molecule has 1 amide bonds. The molecule has 0 aliphatic carbocycles. The molecule has 6 nitrogen and oxygen atoms in total. The molecule has 2 aromatic carbocycles. The van der Waals surface area contributed by atoms with Crippen molar-refractivity contribution >= 4 is 17.5 Å². The third kappa shape index (κ3) is 5.88. The van der Waals surface area contributed by atoms with Crippen molar-refractivity contribution in [3.63, 3.8) is 0 Å². The van der Waals surface area contributed by atoms with E-state index in [9.17, 15) is 4.79 Å². The first kappa shape index (κ1) is 22.4. The second-order valence-corrected chi connectivity index (χ2v) is 7.61. The molecule has 0 bridgehead atoms. The summed E-state index contributed by atoms with van der Waals surface area (Å²) in [6.07, 6.45) is 0.954. The zero-order chi connectivity index (χ0) is 21.3. The summed E-state index contributed by atoms with van der Waals surface area (Å²) < 4.78 is 16.3. The van der Waals surface area contributed by atoms with Crippen molar-refractivity contribution in [2.75, 3.05) is 47.1 Å². The highest BCUT2D eigenvalue weighted by atomic mass is 35.5. The number of halogens is 1. The number of amides is 1. The third-order valence-electron chi connectivity index (χ3n) is 5.34. The Balaban J connectivity index is 1.61. The molecule has 0 spiro atoms. The van der Waals surface area contributed by atoms with Crippen LogP contribution in [0.2, 0.25) is 5.02 Å². The van der Waals surface area contributed by atoms with E-state index in [2.05, 4.69) is 10.2 Å². The Morgan fingerprint density at radius 3 is 2.53 bits per heavy atom. The fourth-order valence-corrected chi connectivity index (χ4v) is 3.86. The Kier molecular flexibility index (Phi) is 8.37. The average molecular weight is 433 g/mol. The molecule has 1 saturated heterocycles. The number of carbonyl (C=O) groups is 1. The van der Waals surface area contributed by atoms with Gasteiger partial charge in [-0.1, -0.05) is 35.9 Å². The number of methoxy groups -OCH3 is 2. The van der Waals surface area contributed by atoms with Crippen LogP contribution >= 0.6 is 11.6 Å². The molecule has 1 aliphatic heterocycles. The minimum atomic E-state index is 0.00657. The van der Waals surface area contributed by atoms with E-state index in [0.717, 1.165) is 24.2 Å². The summed E-state index contributed by atoms with van der Waals surface area (Å²) in [5, 5.41) is 3.81. The SMILES string of the molecule is COc1cccc(CCC(=O)NCC(c2ccc(Cl)cc2)N2CCOCC2)c1OC. The van der Waals surface area contributed by atoms with Crippen LogP contribution in [0.4, 0.5) is 0 Å². The second kappa shape index (κ2) is 11.2. The first-order chi connectivity index (χ1) is 14.6. The Bertz CT molecular complexity index is 822. The summed E-state index contributed by atoms with van der Waals surface area (Å²) in [5.74, 6) is 1.36. The molecule has 1 fully saturated rings. The van der Waals surface area contributed by atoms with E-state index in [4.69, 9.17) is 25.8 Å². The van der Waals surface area contributed by atoms with Gasteiger partial charge >= 0.3 is 0 Å². The zero-order valence-corrected chi connectivity index (χ0v) is 18.3. The Labute approximate surface area is 183 Å². The maximum absolute atomic E-state index is 12.6. The largest absolute Gasteiger partial charge is 0.493 e. The summed E-state index contributed by atoms with van der Waals surface area (Å²) in [6.45, 7) is 3.62. The number of rotatable bonds is 9. The minimum Gasteiger partial charge on any atom is -0.493 e. The second-order valence-electron chi connectivity index (χ2n) is 7.17. The molecule has 1 N–H and O–H groups in total. The molecule has 0 saturated carbocycles. The highest BCUT2D eigenvalue weighted by Gasteiger charge is 2.23. The molecule has 7 heteroatoms. The fraction of sp³-hybridized carbons (Fsp3) is 0.435. The molecule has 162 valence electrons. The van der Waals surface area contributed by atoms with Crippen molar-refractivity contribution in [2.45, 2.75) is 18.9 Å². The summed E-state index contributed by atoms with van der Waals surface area (Å²) >= 11 is 6.05. The van der Waals surface area contributed by atoms with Gasteiger partial charge in [0.1, 0.15) is 0 Å². The first-order valence-corrected chi connectivity index (χ1v) is 10.5. The molecule has 0 radical (unpaired) electrons. The number of hydrogen-bond donors (Lipinski definition) is 1. The van der Waals surface area contributed by atoms with E-state index in [1.165, 1.54) is 0 Å². The number of carbonyl (C=O) groups excluding carboxylic acids is 1. The maximum Gasteiger partial charge on any atom is 0.220 e. The predicted octanol–water partition coefficient (Wildman–Crippen LogP) is 3.48. The highest BCUT2D eigenvalue weighted by molar-refractivity contribution is 6.30. The monoisotopic (exact) mass is 432 g/mol. The molecule has 1 heterocycles. The number of hydrogen-bond acceptors (Lipinski definition) is 5. The number of benzene rings is 2. The van der Waals surface area contributed by atoms with E-state index in [0.29, 0.717) is 49.1 Å². The lowest BCUT2D eigenvalue weighted by atomic mass is 10.0. The van der Waals surface area contributed by atoms with Crippen LogP contribution in [0.3, 0.4) is 0 Å². The lowest BCUT2D eigenvalue weighted by molar-refractivity contribution is -0.121. The number of nitrogens with zero attached hydrogens (tertiary/aromatic N) is 1. The van der Waals surface area contributed by atoms with Crippen LogP contribution in [0.5, 0.6) is 11.5 Å². The summed E-state index contributed by atoms with van der Waals surface area (Å²) in [5.41, 5.74) is 2.09. The van der Waals surface area contributed by atoms with Gasteiger partial charge in [0.15, 0.2) is 11.5 Å². The van der Waals surface area contributed by atoms with Gasteiger partial charge in [0.25, 0.3) is 0 Å². The van der Waals surface area contributed by atoms with Gasteiger partial charge in [-0.05, 0) is 35.7 Å². The first-order valence-electron chi connectivity index (χ1n) is 10.2. The third-order valence-corrected chi connectivity index (χ3v) is 5.59. The topological polar surface area (TPSA) is 60.0 Å². The number of para-hydroxylation sites is 1. The Hall–Kier alpha value is -2.28. The fourth-order valence-electron chi connectivity index (χ4n) is 3.73. The van der Waals surface area contributed by atoms with Gasteiger partial charge in [0, 0.05) is 31.1 Å². The quantitative estimate of drug-likeness (QED) is 0.657. The van der Waals surface area contributed by atoms with Gasteiger partial charge in [-0.25, -0.2) is 0 Å². The van der Waals surface area contributed by atoms with Gasteiger partial charge in [0.2, 0.25) is 5.91 Å². The van der Waals surface area contributed by atoms with Crippen molar-refractivity contribution < 1.29 is 19.0 Å². The van der Waals surface area contributed by atoms with Crippen molar-refractivity contribution in [1.29, 1.82) is 0 Å². The van der Waals surface area contributed by atoms with E-state index in [1.54, 1.807) is 14.2 Å². The van der Waals surface area contributed by atoms with Gasteiger partial charge in [-0.15, -0.1) is 0 Å². The minimum absolute atomic E-state index is 0.00657. The van der Waals surface area contributed by atoms with Crippen LogP contribution < -0.4 is 14.8 Å². The normalized spacial score (nSPS) is 15.4. The van der Waals surface area contributed by atoms with Gasteiger partial charge in [-0.3, -0.25) is 9.69 Å². The van der Waals surface area contributed by atoms with E-state index < -0.39 is 0 Å². The summed E-state index contributed by atoms with van der Waals surface area (Å²) in [4.78, 5) is 14.9. The van der Waals surface area contributed by atoms with Gasteiger partial charge in [0.05, 0.1) is 33.5 Å². The van der Waals surface area contributed by atoms with Crippen molar-refractivity contribution in [3.05, 3.63) is 58.6 Å². The van der Waals surface area contributed by atoms with Crippen LogP contribution in [0, 0.1) is 0 Å². The zero-order valence-electron chi connectivity index (χ0n) is 17.5. The summed E-state index contributed by atoms with van der Waals surface area (Å²) in [7, 11) is 3.22. The average Bonchev–Trinajstić information content (AvgIpc) is 2.79. The molecular weight excluding hydrogens is 404 g/mol. The van der Waals surface area contributed by atoms with Crippen molar-refractivity contribution in [3.8, 4) is 11.5 Å². The molecule has 1 aliphatic rings. The number of nitrogens with one attached hydrogen (secondary N) is 1. The maximum atomic E-state index is 12.6. The predicted molar refractivity (Wildman–Crippen MR) is 117 cm³/mol. The van der Waals surface area contributed by atoms with E-state index >= 15 is 0 Å². The van der Waals surface area contributed by atoms with Crippen LogP contribution in [0.25, 0.3) is 0 Å². The van der Waals surface area contributed by atoms with E-state index in [-0.39, 0.29) is 11.9 Å². The van der Waals surface area contributed by atoms with E-state index in [1.807, 2.05) is 42.5 Å². The van der Waals surface area contributed by atoms with Gasteiger partial charge in [-0.2, -0.15) is 0 Å². The number of ether oxygens (including phenoxy) is 3. The summed E-state index contributed by atoms with van der Waals surface area (Å²) in [6, 6.07) is 13.6. The molecule has 2 aromatic rings. The Morgan fingerprint density at radius 1 is 1.13 bits per heavy atom. The van der Waals surface area contributed by atoms with Crippen LogP contribution in [-0.4, -0.2) is 57.9 Å². The standard InChI is InChI=1S/C23H29ClN2O4/c1-28-21-5-3-4-18(23(21)29-2)8-11-22(27)25-16-20(26-12-14-30-15-13-26)17-6-9-19(24)10-7-17/h3-7,9-10,20H,8,11-16H2,1-2H3,(H,25,27). The molecule has 1 unspecified atom stereocenters. The van der Waals surface area contributed by atoms with Crippen molar-refractivity contribution in [2.24, 2.45) is 0 Å². The van der Waals surface area contributed by atoms with Crippen LogP contribution in [0.15, 0.2) is 42.5 Å². The highest BCUT2D eigenvalue weighted by Crippen LogP contribution is 2.31. The number of morpholine rings is 1. The molecule has 1 atom stereocenters. The number of aryl methyl sites for hydroxylation is 1. The lowest BCUT2D eigenvalue weighted by Gasteiger charge is -2.35. The Morgan fingerprint density at radius 2 is 1.87 bits per heavy atom. The van der Waals surface area contributed by atoms with Crippen molar-refractivity contribution in [1.82, 2.24) is 10.2 Å². The molecule has 0 aromatic heterocycles. The molecular formula is C23H29ClN2O4. The van der Waals surface area contributed by atoms with Gasteiger partial charge < -0.3 is 19.5 Å². The lowest BCUT2D eigenvalue weighted by Crippen LogP contribution is -2.43. The molecule has 30 heavy (non-hydrogen) atoms. The smallest absolute Gasteiger partial charge is 0.220 e.